The Kier molecular flexibility index (Phi) is 2.60. The maximum Gasteiger partial charge on any atom is 0.180 e. The maximum absolute atomic E-state index is 5.77. The first-order valence-corrected chi connectivity index (χ1v) is 5.20. The van der Waals surface area contributed by atoms with Gasteiger partial charge in [0.2, 0.25) is 0 Å². The van der Waals surface area contributed by atoms with Crippen molar-refractivity contribution < 1.29 is 0 Å². The lowest BCUT2D eigenvalue weighted by molar-refractivity contribution is 0.763. The summed E-state index contributed by atoms with van der Waals surface area (Å²) >= 11 is 0. The van der Waals surface area contributed by atoms with Crippen molar-refractivity contribution in [2.24, 2.45) is 7.05 Å². The van der Waals surface area contributed by atoms with Crippen molar-refractivity contribution in [3.8, 4) is 11.5 Å². The third-order valence-electron chi connectivity index (χ3n) is 2.41. The number of aromatic nitrogens is 4. The number of nitrogen functional groups attached to an aromatic ring is 1. The molecule has 0 aliphatic rings. The molecular weight excluding hydrogens is 202 g/mol. The first-order valence-electron chi connectivity index (χ1n) is 5.20. The lowest BCUT2D eigenvalue weighted by Crippen LogP contribution is -2.04. The highest BCUT2D eigenvalue weighted by molar-refractivity contribution is 5.52. The molecule has 5 heteroatoms. The van der Waals surface area contributed by atoms with Crippen LogP contribution in [0.25, 0.3) is 11.5 Å². The molecule has 2 heterocycles. The Bertz CT molecular complexity index is 501. The monoisotopic (exact) mass is 217 g/mol. The summed E-state index contributed by atoms with van der Waals surface area (Å²) in [4.78, 5) is 8.71. The minimum absolute atomic E-state index is 0.331. The first kappa shape index (κ1) is 10.6. The molecule has 2 aromatic heterocycles. The normalized spacial score (nSPS) is 11.0. The van der Waals surface area contributed by atoms with Gasteiger partial charge in [0, 0.05) is 25.0 Å². The van der Waals surface area contributed by atoms with E-state index < -0.39 is 0 Å². The van der Waals surface area contributed by atoms with Gasteiger partial charge < -0.3 is 5.73 Å². The summed E-state index contributed by atoms with van der Waals surface area (Å²) in [6, 6.07) is 3.68. The first-order chi connectivity index (χ1) is 7.58. The SMILES string of the molecule is CC(C)c1cc(N)nc(-c2ccnn2C)n1. The van der Waals surface area contributed by atoms with E-state index in [1.807, 2.05) is 19.2 Å². The van der Waals surface area contributed by atoms with Crippen LogP contribution in [0.15, 0.2) is 18.3 Å². The molecule has 5 nitrogen and oxygen atoms in total. The fourth-order valence-electron chi connectivity index (χ4n) is 1.49. The zero-order valence-corrected chi connectivity index (χ0v) is 9.68. The molecule has 0 spiro atoms. The Labute approximate surface area is 94.3 Å². The minimum atomic E-state index is 0.331. The largest absolute Gasteiger partial charge is 0.384 e. The third kappa shape index (κ3) is 1.88. The smallest absolute Gasteiger partial charge is 0.180 e. The lowest BCUT2D eigenvalue weighted by Gasteiger charge is -2.08. The second-order valence-electron chi connectivity index (χ2n) is 4.04. The fourth-order valence-corrected chi connectivity index (χ4v) is 1.49. The molecule has 2 aromatic rings. The molecule has 0 atom stereocenters. The van der Waals surface area contributed by atoms with E-state index in [1.54, 1.807) is 10.9 Å². The maximum atomic E-state index is 5.77. The Hall–Kier alpha value is -1.91. The molecule has 0 radical (unpaired) electrons. The highest BCUT2D eigenvalue weighted by atomic mass is 15.3. The number of rotatable bonds is 2. The quantitative estimate of drug-likeness (QED) is 0.829. The van der Waals surface area contributed by atoms with E-state index in [1.165, 1.54) is 0 Å². The van der Waals surface area contributed by atoms with Crippen molar-refractivity contribution in [1.29, 1.82) is 0 Å². The van der Waals surface area contributed by atoms with Crippen LogP contribution in [0, 0.1) is 0 Å². The summed E-state index contributed by atoms with van der Waals surface area (Å²) < 4.78 is 1.74. The van der Waals surface area contributed by atoms with Gasteiger partial charge in [0.1, 0.15) is 11.5 Å². The highest BCUT2D eigenvalue weighted by Crippen LogP contribution is 2.19. The van der Waals surface area contributed by atoms with Crippen molar-refractivity contribution in [3.05, 3.63) is 24.0 Å². The molecule has 0 bridgehead atoms. The predicted molar refractivity (Wildman–Crippen MR) is 62.7 cm³/mol. The van der Waals surface area contributed by atoms with Gasteiger partial charge in [0.15, 0.2) is 5.82 Å². The summed E-state index contributed by atoms with van der Waals surface area (Å²) in [7, 11) is 1.86. The summed E-state index contributed by atoms with van der Waals surface area (Å²) in [5.74, 6) is 1.45. The summed E-state index contributed by atoms with van der Waals surface area (Å²) in [6.45, 7) is 4.16. The van der Waals surface area contributed by atoms with Crippen LogP contribution >= 0.6 is 0 Å². The molecule has 0 aliphatic carbocycles. The van der Waals surface area contributed by atoms with E-state index in [9.17, 15) is 0 Å². The van der Waals surface area contributed by atoms with Gasteiger partial charge in [-0.15, -0.1) is 0 Å². The summed E-state index contributed by atoms with van der Waals surface area (Å²) in [6.07, 6.45) is 1.72. The van der Waals surface area contributed by atoms with Gasteiger partial charge in [-0.2, -0.15) is 5.10 Å². The van der Waals surface area contributed by atoms with Crippen molar-refractivity contribution in [2.45, 2.75) is 19.8 Å². The van der Waals surface area contributed by atoms with Gasteiger partial charge in [-0.1, -0.05) is 13.8 Å². The van der Waals surface area contributed by atoms with Crippen LogP contribution in [0.5, 0.6) is 0 Å². The topological polar surface area (TPSA) is 69.6 Å². The van der Waals surface area contributed by atoms with Crippen molar-refractivity contribution in [3.63, 3.8) is 0 Å². The number of hydrogen-bond acceptors (Lipinski definition) is 4. The van der Waals surface area contributed by atoms with E-state index in [0.29, 0.717) is 17.6 Å². The van der Waals surface area contributed by atoms with E-state index >= 15 is 0 Å². The van der Waals surface area contributed by atoms with Crippen LogP contribution in [0.2, 0.25) is 0 Å². The van der Waals surface area contributed by atoms with Gasteiger partial charge in [-0.25, -0.2) is 9.97 Å². The molecule has 0 aromatic carbocycles. The molecule has 84 valence electrons. The molecule has 0 aliphatic heterocycles. The van der Waals surface area contributed by atoms with Crippen LogP contribution in [-0.4, -0.2) is 19.7 Å². The van der Waals surface area contributed by atoms with Crippen LogP contribution < -0.4 is 5.73 Å². The second-order valence-corrected chi connectivity index (χ2v) is 4.04. The van der Waals surface area contributed by atoms with E-state index in [-0.39, 0.29) is 0 Å². The molecule has 0 unspecified atom stereocenters. The van der Waals surface area contributed by atoms with Crippen molar-refractivity contribution in [1.82, 2.24) is 19.7 Å². The molecule has 2 N–H and O–H groups in total. The zero-order chi connectivity index (χ0) is 11.7. The standard InChI is InChI=1S/C11H15N5/c1-7(2)8-6-10(12)15-11(14-8)9-4-5-13-16(9)3/h4-7H,1-3H3,(H2,12,14,15). The van der Waals surface area contributed by atoms with Gasteiger partial charge in [0.25, 0.3) is 0 Å². The van der Waals surface area contributed by atoms with Gasteiger partial charge >= 0.3 is 0 Å². The Morgan fingerprint density at radius 2 is 2.06 bits per heavy atom. The minimum Gasteiger partial charge on any atom is -0.384 e. The van der Waals surface area contributed by atoms with Crippen LogP contribution in [0.1, 0.15) is 25.5 Å². The molecule has 2 rings (SSSR count). The Balaban J connectivity index is 2.54. The van der Waals surface area contributed by atoms with Crippen LogP contribution in [-0.2, 0) is 7.05 Å². The van der Waals surface area contributed by atoms with Gasteiger partial charge in [-0.05, 0) is 12.0 Å². The number of aryl methyl sites for hydroxylation is 1. The zero-order valence-electron chi connectivity index (χ0n) is 9.68. The molecule has 0 amide bonds. The number of anilines is 1. The number of nitrogens with zero attached hydrogens (tertiary/aromatic N) is 4. The van der Waals surface area contributed by atoms with E-state index in [0.717, 1.165) is 11.4 Å². The summed E-state index contributed by atoms with van der Waals surface area (Å²) in [5, 5.41) is 4.09. The predicted octanol–water partition coefficient (Wildman–Crippen LogP) is 1.58. The second kappa shape index (κ2) is 3.92. The number of nitrogens with two attached hydrogens (primary N) is 1. The lowest BCUT2D eigenvalue weighted by atomic mass is 10.1. The van der Waals surface area contributed by atoms with Crippen LogP contribution in [0.3, 0.4) is 0 Å². The van der Waals surface area contributed by atoms with Gasteiger partial charge in [0.05, 0.1) is 0 Å². The highest BCUT2D eigenvalue weighted by Gasteiger charge is 2.10. The average Bonchev–Trinajstić information content (AvgIpc) is 2.63. The van der Waals surface area contributed by atoms with Crippen LogP contribution in [0.4, 0.5) is 5.82 Å². The molecule has 0 saturated heterocycles. The Morgan fingerprint density at radius 1 is 1.31 bits per heavy atom. The van der Waals surface area contributed by atoms with E-state index in [2.05, 4.69) is 28.9 Å². The molecular formula is C11H15N5. The molecule has 16 heavy (non-hydrogen) atoms. The third-order valence-corrected chi connectivity index (χ3v) is 2.41. The fraction of sp³-hybridized carbons (Fsp3) is 0.364. The van der Waals surface area contributed by atoms with Crippen molar-refractivity contribution in [2.75, 3.05) is 5.73 Å². The van der Waals surface area contributed by atoms with Crippen molar-refractivity contribution >= 4 is 5.82 Å². The summed E-state index contributed by atoms with van der Waals surface area (Å²) in [5.41, 5.74) is 7.59. The van der Waals surface area contributed by atoms with Gasteiger partial charge in [-0.3, -0.25) is 4.68 Å². The molecule has 0 fully saturated rings. The average molecular weight is 217 g/mol. The molecule has 0 saturated carbocycles. The number of hydrogen-bond donors (Lipinski definition) is 1. The Morgan fingerprint density at radius 3 is 2.62 bits per heavy atom. The van der Waals surface area contributed by atoms with E-state index in [4.69, 9.17) is 5.73 Å².